The molecule has 6 nitrogen and oxygen atoms in total. The maximum atomic E-state index is 12.5. The summed E-state index contributed by atoms with van der Waals surface area (Å²) in [5, 5.41) is 0. The van der Waals surface area contributed by atoms with Gasteiger partial charge in [-0.3, -0.25) is 9.59 Å². The third-order valence-corrected chi connectivity index (χ3v) is 5.34. The highest BCUT2D eigenvalue weighted by Gasteiger charge is 2.32. The number of carbonyl (C=O) groups is 2. The van der Waals surface area contributed by atoms with Crippen molar-refractivity contribution in [2.75, 3.05) is 37.7 Å². The van der Waals surface area contributed by atoms with Crippen LogP contribution < -0.4 is 14.4 Å². The Labute approximate surface area is 171 Å². The second kappa shape index (κ2) is 7.78. The largest absolute Gasteiger partial charge is 0.487 e. The van der Waals surface area contributed by atoms with Crippen molar-refractivity contribution in [2.45, 2.75) is 25.9 Å². The van der Waals surface area contributed by atoms with Crippen molar-refractivity contribution >= 4 is 17.4 Å². The van der Waals surface area contributed by atoms with Crippen molar-refractivity contribution in [3.63, 3.8) is 0 Å². The molecule has 0 saturated carbocycles. The topological polar surface area (TPSA) is 59.1 Å². The quantitative estimate of drug-likeness (QED) is 0.797. The van der Waals surface area contributed by atoms with E-state index in [1.54, 1.807) is 18.2 Å². The molecule has 2 aromatic carbocycles. The van der Waals surface area contributed by atoms with Gasteiger partial charge in [-0.2, -0.15) is 0 Å². The standard InChI is InChI=1S/C23H26N2O4/c1-23(2)15-20(26)19-14-18(8-9-21(19)29-23)28-16-22(27)25-12-10-24(11-13-25)17-6-4-3-5-7-17/h3-9,14H,10-13,15-16H2,1-2H3. The lowest BCUT2D eigenvalue weighted by molar-refractivity contribution is -0.133. The van der Waals surface area contributed by atoms with Crippen LogP contribution in [0, 0.1) is 0 Å². The molecule has 0 aliphatic carbocycles. The zero-order valence-electron chi connectivity index (χ0n) is 16.9. The van der Waals surface area contributed by atoms with E-state index in [2.05, 4.69) is 17.0 Å². The van der Waals surface area contributed by atoms with E-state index in [0.29, 0.717) is 36.6 Å². The van der Waals surface area contributed by atoms with Gasteiger partial charge in [-0.25, -0.2) is 0 Å². The van der Waals surface area contributed by atoms with E-state index >= 15 is 0 Å². The number of para-hydroxylation sites is 1. The fraction of sp³-hybridized carbons (Fsp3) is 0.391. The Balaban J connectivity index is 1.32. The number of rotatable bonds is 4. The van der Waals surface area contributed by atoms with Crippen molar-refractivity contribution in [2.24, 2.45) is 0 Å². The van der Waals surface area contributed by atoms with Gasteiger partial charge in [-0.15, -0.1) is 0 Å². The summed E-state index contributed by atoms with van der Waals surface area (Å²) < 4.78 is 11.5. The Hall–Kier alpha value is -3.02. The molecule has 4 rings (SSSR count). The summed E-state index contributed by atoms with van der Waals surface area (Å²) in [7, 11) is 0. The smallest absolute Gasteiger partial charge is 0.260 e. The Morgan fingerprint density at radius 1 is 1.07 bits per heavy atom. The molecular weight excluding hydrogens is 368 g/mol. The van der Waals surface area contributed by atoms with Gasteiger partial charge in [-0.1, -0.05) is 18.2 Å². The van der Waals surface area contributed by atoms with Gasteiger partial charge in [0.25, 0.3) is 5.91 Å². The molecule has 1 fully saturated rings. The minimum Gasteiger partial charge on any atom is -0.487 e. The average Bonchev–Trinajstić information content (AvgIpc) is 2.72. The fourth-order valence-corrected chi connectivity index (χ4v) is 3.81. The van der Waals surface area contributed by atoms with E-state index in [1.807, 2.05) is 36.9 Å². The van der Waals surface area contributed by atoms with E-state index in [4.69, 9.17) is 9.47 Å². The number of Topliss-reactive ketones (excluding diaryl/α,β-unsaturated/α-hetero) is 1. The summed E-state index contributed by atoms with van der Waals surface area (Å²) in [5.41, 5.74) is 1.20. The van der Waals surface area contributed by atoms with Gasteiger partial charge in [0.15, 0.2) is 12.4 Å². The fourth-order valence-electron chi connectivity index (χ4n) is 3.81. The molecule has 6 heteroatoms. The predicted molar refractivity (Wildman–Crippen MR) is 111 cm³/mol. The molecule has 29 heavy (non-hydrogen) atoms. The third kappa shape index (κ3) is 4.36. The summed E-state index contributed by atoms with van der Waals surface area (Å²) in [6, 6.07) is 15.4. The SMILES string of the molecule is CC1(C)CC(=O)c2cc(OCC(=O)N3CCN(c4ccccc4)CC3)ccc2O1. The first-order valence-corrected chi connectivity index (χ1v) is 9.98. The molecule has 2 aromatic rings. The summed E-state index contributed by atoms with van der Waals surface area (Å²) >= 11 is 0. The first kappa shape index (κ1) is 19.3. The Morgan fingerprint density at radius 2 is 1.79 bits per heavy atom. The second-order valence-electron chi connectivity index (χ2n) is 8.11. The van der Waals surface area contributed by atoms with Crippen molar-refractivity contribution in [1.29, 1.82) is 0 Å². The number of nitrogens with zero attached hydrogens (tertiary/aromatic N) is 2. The Morgan fingerprint density at radius 3 is 2.52 bits per heavy atom. The molecular formula is C23H26N2O4. The number of piperazine rings is 1. The highest BCUT2D eigenvalue weighted by atomic mass is 16.5. The third-order valence-electron chi connectivity index (χ3n) is 5.34. The number of ketones is 1. The molecule has 1 saturated heterocycles. The number of benzene rings is 2. The van der Waals surface area contributed by atoms with Crippen LogP contribution in [-0.2, 0) is 4.79 Å². The molecule has 152 valence electrons. The molecule has 0 radical (unpaired) electrons. The van der Waals surface area contributed by atoms with E-state index in [9.17, 15) is 9.59 Å². The van der Waals surface area contributed by atoms with Crippen molar-refractivity contribution in [3.05, 3.63) is 54.1 Å². The zero-order valence-corrected chi connectivity index (χ0v) is 16.9. The number of ether oxygens (including phenoxy) is 2. The minimum atomic E-state index is -0.496. The van der Waals surface area contributed by atoms with Crippen molar-refractivity contribution in [3.8, 4) is 11.5 Å². The molecule has 0 bridgehead atoms. The van der Waals surface area contributed by atoms with Crippen molar-refractivity contribution in [1.82, 2.24) is 4.90 Å². The number of carbonyl (C=O) groups excluding carboxylic acids is 2. The van der Waals surface area contributed by atoms with Crippen LogP contribution in [0.25, 0.3) is 0 Å². The molecule has 0 atom stereocenters. The Bertz CT molecular complexity index is 902. The van der Waals surface area contributed by atoms with Gasteiger partial charge in [0.1, 0.15) is 17.1 Å². The zero-order chi connectivity index (χ0) is 20.4. The normalized spacial score (nSPS) is 18.1. The summed E-state index contributed by atoms with van der Waals surface area (Å²) in [6.45, 7) is 6.70. The first-order valence-electron chi connectivity index (χ1n) is 9.98. The number of hydrogen-bond acceptors (Lipinski definition) is 5. The lowest BCUT2D eigenvalue weighted by Crippen LogP contribution is -2.50. The molecule has 0 aromatic heterocycles. The maximum absolute atomic E-state index is 12.5. The van der Waals surface area contributed by atoms with E-state index < -0.39 is 5.60 Å². The van der Waals surface area contributed by atoms with E-state index in [1.165, 1.54) is 5.69 Å². The molecule has 0 spiro atoms. The van der Waals surface area contributed by atoms with Crippen LogP contribution in [-0.4, -0.2) is 55.0 Å². The molecule has 2 heterocycles. The van der Waals surface area contributed by atoms with Gasteiger partial charge < -0.3 is 19.3 Å². The predicted octanol–water partition coefficient (Wildman–Crippen LogP) is 3.16. The monoisotopic (exact) mass is 394 g/mol. The lowest BCUT2D eigenvalue weighted by atomic mass is 9.93. The van der Waals surface area contributed by atoms with Crippen LogP contribution in [0.4, 0.5) is 5.69 Å². The van der Waals surface area contributed by atoms with Crippen molar-refractivity contribution < 1.29 is 19.1 Å². The maximum Gasteiger partial charge on any atom is 0.260 e. The number of fused-ring (bicyclic) bond motifs is 1. The van der Waals surface area contributed by atoms with E-state index in [0.717, 1.165) is 13.1 Å². The number of amides is 1. The summed E-state index contributed by atoms with van der Waals surface area (Å²) in [4.78, 5) is 29.0. The van der Waals surface area contributed by atoms with Gasteiger partial charge >= 0.3 is 0 Å². The highest BCUT2D eigenvalue weighted by Crippen LogP contribution is 2.35. The summed E-state index contributed by atoms with van der Waals surface area (Å²) in [5.74, 6) is 1.07. The molecule has 2 aliphatic heterocycles. The van der Waals surface area contributed by atoms with Crippen LogP contribution in [0.2, 0.25) is 0 Å². The van der Waals surface area contributed by atoms with Crippen LogP contribution in [0.5, 0.6) is 11.5 Å². The first-order chi connectivity index (χ1) is 13.9. The van der Waals surface area contributed by atoms with E-state index in [-0.39, 0.29) is 18.3 Å². The van der Waals surface area contributed by atoms with Gasteiger partial charge in [0.05, 0.1) is 12.0 Å². The van der Waals surface area contributed by atoms with Crippen LogP contribution >= 0.6 is 0 Å². The van der Waals surface area contributed by atoms with Gasteiger partial charge in [0, 0.05) is 31.9 Å². The van der Waals surface area contributed by atoms with Crippen LogP contribution in [0.1, 0.15) is 30.6 Å². The number of hydrogen-bond donors (Lipinski definition) is 0. The number of anilines is 1. The summed E-state index contributed by atoms with van der Waals surface area (Å²) in [6.07, 6.45) is 0.327. The van der Waals surface area contributed by atoms with Gasteiger partial charge in [0.2, 0.25) is 0 Å². The minimum absolute atomic E-state index is 0.0325. The molecule has 2 aliphatic rings. The van der Waals surface area contributed by atoms with Gasteiger partial charge in [-0.05, 0) is 44.2 Å². The van der Waals surface area contributed by atoms with Crippen LogP contribution in [0.15, 0.2) is 48.5 Å². The average molecular weight is 394 g/mol. The lowest BCUT2D eigenvalue weighted by Gasteiger charge is -2.36. The second-order valence-corrected chi connectivity index (χ2v) is 8.11. The highest BCUT2D eigenvalue weighted by molar-refractivity contribution is 6.00. The molecule has 0 N–H and O–H groups in total. The van der Waals surface area contributed by atoms with Crippen LogP contribution in [0.3, 0.4) is 0 Å². The molecule has 1 amide bonds. The Kier molecular flexibility index (Phi) is 5.18. The molecule has 0 unspecified atom stereocenters.